The summed E-state index contributed by atoms with van der Waals surface area (Å²) in [7, 11) is 2.11. The number of carbonyl (C=O) groups is 1. The predicted octanol–water partition coefficient (Wildman–Crippen LogP) is 4.65. The van der Waals surface area contributed by atoms with Crippen molar-refractivity contribution in [2.24, 2.45) is 0 Å². The van der Waals surface area contributed by atoms with E-state index in [0.717, 1.165) is 60.4 Å². The molecule has 1 amide bonds. The number of nitrogens with zero attached hydrogens (tertiary/aromatic N) is 7. The smallest absolute Gasteiger partial charge is 0.306 e. The highest BCUT2D eigenvalue weighted by Crippen LogP contribution is 2.48. The maximum absolute atomic E-state index is 13.7. The number of alkyl halides is 3. The highest BCUT2D eigenvalue weighted by atomic mass is 32.1. The fourth-order valence-corrected chi connectivity index (χ4v) is 6.27. The largest absolute Gasteiger partial charge is 0.419 e. The second-order valence-electron chi connectivity index (χ2n) is 10.2. The highest BCUT2D eigenvalue weighted by Gasteiger charge is 2.59. The second kappa shape index (κ2) is 8.74. The van der Waals surface area contributed by atoms with E-state index in [4.69, 9.17) is 17.5 Å². The number of fused-ring (bicyclic) bond motifs is 1. The first-order chi connectivity index (χ1) is 18.1. The van der Waals surface area contributed by atoms with Crippen LogP contribution in [0.15, 0.2) is 36.7 Å². The molecule has 3 aromatic rings. The third-order valence-corrected chi connectivity index (χ3v) is 8.37. The van der Waals surface area contributed by atoms with Crippen LogP contribution in [-0.4, -0.2) is 56.4 Å². The molecule has 6 rings (SSSR count). The number of hydrogen-bond acceptors (Lipinski definition) is 6. The van der Waals surface area contributed by atoms with Gasteiger partial charge in [-0.1, -0.05) is 0 Å². The van der Waals surface area contributed by atoms with Gasteiger partial charge < -0.3 is 9.80 Å². The van der Waals surface area contributed by atoms with Gasteiger partial charge in [0, 0.05) is 11.1 Å². The van der Waals surface area contributed by atoms with Gasteiger partial charge in [-0.15, -0.1) is 0 Å². The Morgan fingerprint density at radius 3 is 2.50 bits per heavy atom. The van der Waals surface area contributed by atoms with Gasteiger partial charge in [-0.2, -0.15) is 23.5 Å². The molecule has 0 N–H and O–H groups in total. The molecule has 0 bridgehead atoms. The molecule has 38 heavy (non-hydrogen) atoms. The number of likely N-dealkylation sites (tertiary alicyclic amines) is 1. The molecule has 2 saturated heterocycles. The van der Waals surface area contributed by atoms with Crippen molar-refractivity contribution in [3.63, 3.8) is 0 Å². The Labute approximate surface area is 222 Å². The van der Waals surface area contributed by atoms with E-state index in [-0.39, 0.29) is 16.7 Å². The van der Waals surface area contributed by atoms with Crippen LogP contribution in [-0.2, 0) is 11.0 Å². The summed E-state index contributed by atoms with van der Waals surface area (Å²) in [6.45, 7) is 2.01. The van der Waals surface area contributed by atoms with Crippen LogP contribution in [0.1, 0.15) is 49.4 Å². The summed E-state index contributed by atoms with van der Waals surface area (Å²) in [5.41, 5.74) is -1.32. The SMILES string of the molecule is CN1CCC(n2ncc3cc(N4C(=S)N(c5cnc(C#N)c(C(F)(F)F)c5)C(=O)C45CCC5)ccc32)CC1. The predicted molar refractivity (Wildman–Crippen MR) is 139 cm³/mol. The average Bonchev–Trinajstić information content (AvgIpc) is 3.39. The number of pyridine rings is 1. The molecular weight excluding hydrogens is 515 g/mol. The number of thiocarbonyl (C=S) groups is 1. The van der Waals surface area contributed by atoms with Crippen LogP contribution in [0.5, 0.6) is 0 Å². The zero-order valence-corrected chi connectivity index (χ0v) is 21.4. The van der Waals surface area contributed by atoms with Crippen molar-refractivity contribution in [1.82, 2.24) is 19.7 Å². The lowest BCUT2D eigenvalue weighted by Crippen LogP contribution is -2.55. The first kappa shape index (κ1) is 24.8. The van der Waals surface area contributed by atoms with Crippen LogP contribution in [0.4, 0.5) is 24.5 Å². The number of amides is 1. The Hall–Kier alpha value is -3.56. The van der Waals surface area contributed by atoms with Crippen molar-refractivity contribution < 1.29 is 18.0 Å². The maximum Gasteiger partial charge on any atom is 0.419 e. The molecule has 0 radical (unpaired) electrons. The number of benzene rings is 1. The number of nitriles is 1. The molecule has 12 heteroatoms. The summed E-state index contributed by atoms with van der Waals surface area (Å²) in [6, 6.07) is 8.37. The van der Waals surface area contributed by atoms with Crippen LogP contribution >= 0.6 is 12.2 Å². The van der Waals surface area contributed by atoms with Gasteiger partial charge in [0.15, 0.2) is 10.8 Å². The molecule has 2 aromatic heterocycles. The van der Waals surface area contributed by atoms with Crippen LogP contribution in [0, 0.1) is 11.3 Å². The zero-order chi connectivity index (χ0) is 26.8. The lowest BCUT2D eigenvalue weighted by molar-refractivity contribution is -0.138. The molecule has 1 aliphatic carbocycles. The van der Waals surface area contributed by atoms with Crippen LogP contribution in [0.2, 0.25) is 0 Å². The number of anilines is 2. The molecule has 0 atom stereocenters. The molecular formula is C26H24F3N7OS. The molecule has 2 aliphatic heterocycles. The van der Waals surface area contributed by atoms with Crippen molar-refractivity contribution in [2.45, 2.75) is 49.9 Å². The third-order valence-electron chi connectivity index (χ3n) is 8.01. The van der Waals surface area contributed by atoms with Crippen LogP contribution in [0.3, 0.4) is 0 Å². The molecule has 1 saturated carbocycles. The quantitative estimate of drug-likeness (QED) is 0.448. The number of carbonyl (C=O) groups excluding carboxylic acids is 1. The minimum Gasteiger partial charge on any atom is -0.306 e. The van der Waals surface area contributed by atoms with Crippen LogP contribution in [0.25, 0.3) is 10.9 Å². The van der Waals surface area contributed by atoms with Crippen molar-refractivity contribution in [3.8, 4) is 6.07 Å². The highest BCUT2D eigenvalue weighted by molar-refractivity contribution is 7.81. The maximum atomic E-state index is 13.7. The van der Waals surface area contributed by atoms with Gasteiger partial charge in [0.2, 0.25) is 0 Å². The number of aromatic nitrogens is 3. The van der Waals surface area contributed by atoms with Gasteiger partial charge in [-0.3, -0.25) is 14.4 Å². The lowest BCUT2D eigenvalue weighted by Gasteiger charge is -2.43. The monoisotopic (exact) mass is 539 g/mol. The second-order valence-corrected chi connectivity index (χ2v) is 10.6. The molecule has 1 aromatic carbocycles. The number of rotatable bonds is 3. The van der Waals surface area contributed by atoms with E-state index in [0.29, 0.717) is 24.6 Å². The topological polar surface area (TPSA) is 81.3 Å². The summed E-state index contributed by atoms with van der Waals surface area (Å²) in [5.74, 6) is -0.379. The fraction of sp³-hybridized carbons (Fsp3) is 0.423. The van der Waals surface area contributed by atoms with Crippen LogP contribution < -0.4 is 9.80 Å². The van der Waals surface area contributed by atoms with Crippen molar-refractivity contribution in [1.29, 1.82) is 5.26 Å². The zero-order valence-electron chi connectivity index (χ0n) is 20.6. The van der Waals surface area contributed by atoms with Crippen molar-refractivity contribution >= 4 is 45.5 Å². The van der Waals surface area contributed by atoms with Gasteiger partial charge in [-0.25, -0.2) is 4.98 Å². The standard InChI is InChI=1S/C26H24F3N7OS/c1-33-9-5-17(6-10-33)36-22-4-3-18(11-16(22)14-32-36)35-24(38)34(23(37)25(35)7-2-8-25)19-12-20(26(27,28)29)21(13-30)31-15-19/h3-4,11-12,14-15,17H,2,5-10H2,1H3. The number of halogens is 3. The number of piperidine rings is 1. The molecule has 4 heterocycles. The molecule has 196 valence electrons. The molecule has 1 spiro atoms. The molecule has 8 nitrogen and oxygen atoms in total. The van der Waals surface area contributed by atoms with Gasteiger partial charge in [0.1, 0.15) is 11.6 Å². The van der Waals surface area contributed by atoms with E-state index in [9.17, 15) is 18.0 Å². The minimum atomic E-state index is -4.80. The van der Waals surface area contributed by atoms with Gasteiger partial charge in [0.05, 0.1) is 35.2 Å². The summed E-state index contributed by atoms with van der Waals surface area (Å²) >= 11 is 5.72. The van der Waals surface area contributed by atoms with E-state index in [2.05, 4.69) is 26.7 Å². The lowest BCUT2D eigenvalue weighted by atomic mass is 9.75. The van der Waals surface area contributed by atoms with Crippen molar-refractivity contribution in [2.75, 3.05) is 29.9 Å². The summed E-state index contributed by atoms with van der Waals surface area (Å²) in [6.07, 6.45) is 1.99. The van der Waals surface area contributed by atoms with E-state index in [1.807, 2.05) is 24.4 Å². The van der Waals surface area contributed by atoms with Gasteiger partial charge in [0.25, 0.3) is 5.91 Å². The minimum absolute atomic E-state index is 0.0939. The average molecular weight is 540 g/mol. The van der Waals surface area contributed by atoms with Gasteiger partial charge >= 0.3 is 6.18 Å². The Kier molecular flexibility index (Phi) is 5.70. The fourth-order valence-electron chi connectivity index (χ4n) is 5.80. The van der Waals surface area contributed by atoms with E-state index < -0.39 is 23.0 Å². The summed E-state index contributed by atoms with van der Waals surface area (Å²) < 4.78 is 42.9. The number of hydrogen-bond donors (Lipinski definition) is 0. The summed E-state index contributed by atoms with van der Waals surface area (Å²) in [5, 5.41) is 14.8. The Morgan fingerprint density at radius 2 is 1.87 bits per heavy atom. The van der Waals surface area contributed by atoms with Gasteiger partial charge in [-0.05, 0) is 88.7 Å². The van der Waals surface area contributed by atoms with E-state index >= 15 is 0 Å². The first-order valence-corrected chi connectivity index (χ1v) is 12.9. The third kappa shape index (κ3) is 3.67. The first-order valence-electron chi connectivity index (χ1n) is 12.5. The Morgan fingerprint density at radius 1 is 1.13 bits per heavy atom. The molecule has 0 unspecified atom stereocenters. The Bertz CT molecular complexity index is 1500. The normalized spacial score (nSPS) is 20.4. The molecule has 3 aliphatic rings. The van der Waals surface area contributed by atoms with E-state index in [1.165, 1.54) is 6.07 Å². The van der Waals surface area contributed by atoms with E-state index in [1.54, 1.807) is 4.90 Å². The molecule has 3 fully saturated rings. The summed E-state index contributed by atoms with van der Waals surface area (Å²) in [4.78, 5) is 22.6. The van der Waals surface area contributed by atoms with Crippen molar-refractivity contribution in [3.05, 3.63) is 47.9 Å². The Balaban J connectivity index is 1.38.